The highest BCUT2D eigenvalue weighted by Gasteiger charge is 2.21. The van der Waals surface area contributed by atoms with Crippen LogP contribution in [0.4, 0.5) is 0 Å². The van der Waals surface area contributed by atoms with Gasteiger partial charge in [-0.2, -0.15) is 0 Å². The standard InChI is InChI=1S/C26H27N5O/c27-25(28)19-9-8-18-14-24(26(32)30-21-10-12-29-13-11-21)31(23(18)15-19)16-20-6-3-5-17-4-1-2-7-22(17)20/h1-9,14-15,21,29H,10-13,16H2,(H3,27,28)(H,30,32). The molecule has 4 aromatic rings. The number of fused-ring (bicyclic) bond motifs is 2. The van der Waals surface area contributed by atoms with Crippen molar-refractivity contribution < 1.29 is 4.79 Å². The molecular formula is C26H27N5O. The van der Waals surface area contributed by atoms with Gasteiger partial charge in [0.25, 0.3) is 5.91 Å². The number of rotatable bonds is 5. The molecule has 0 bridgehead atoms. The lowest BCUT2D eigenvalue weighted by Crippen LogP contribution is -2.43. The third kappa shape index (κ3) is 3.85. The zero-order valence-corrected chi connectivity index (χ0v) is 17.9. The van der Waals surface area contributed by atoms with Crippen molar-refractivity contribution in [3.05, 3.63) is 83.6 Å². The number of hydrogen-bond donors (Lipinski definition) is 4. The van der Waals surface area contributed by atoms with Crippen LogP contribution in [0.2, 0.25) is 0 Å². The molecule has 162 valence electrons. The fraction of sp³-hybridized carbons (Fsp3) is 0.231. The first-order chi connectivity index (χ1) is 15.6. The molecule has 0 aliphatic carbocycles. The number of carbonyl (C=O) groups is 1. The van der Waals surface area contributed by atoms with Gasteiger partial charge in [0.05, 0.1) is 0 Å². The van der Waals surface area contributed by atoms with Gasteiger partial charge >= 0.3 is 0 Å². The summed E-state index contributed by atoms with van der Waals surface area (Å²) in [6.45, 7) is 2.40. The second-order valence-electron chi connectivity index (χ2n) is 8.44. The van der Waals surface area contributed by atoms with Gasteiger partial charge in [-0.3, -0.25) is 10.2 Å². The maximum atomic E-state index is 13.4. The van der Waals surface area contributed by atoms with E-state index in [2.05, 4.69) is 45.5 Å². The molecule has 3 aromatic carbocycles. The molecule has 1 saturated heterocycles. The lowest BCUT2D eigenvalue weighted by atomic mass is 10.0. The Kier molecular flexibility index (Phi) is 5.37. The molecule has 5 rings (SSSR count). The van der Waals surface area contributed by atoms with Gasteiger partial charge in [0, 0.05) is 29.1 Å². The highest BCUT2D eigenvalue weighted by atomic mass is 16.2. The molecule has 6 heteroatoms. The van der Waals surface area contributed by atoms with Gasteiger partial charge in [-0.1, -0.05) is 54.6 Å². The number of hydrogen-bond acceptors (Lipinski definition) is 3. The largest absolute Gasteiger partial charge is 0.384 e. The predicted octanol–water partition coefficient (Wildman–Crippen LogP) is 3.61. The van der Waals surface area contributed by atoms with Crippen LogP contribution >= 0.6 is 0 Å². The average molecular weight is 426 g/mol. The number of piperidine rings is 1. The quantitative estimate of drug-likeness (QED) is 0.291. The van der Waals surface area contributed by atoms with Gasteiger partial charge in [0.1, 0.15) is 11.5 Å². The summed E-state index contributed by atoms with van der Waals surface area (Å²) >= 11 is 0. The molecule has 0 atom stereocenters. The number of carbonyl (C=O) groups excluding carboxylic acids is 1. The van der Waals surface area contributed by atoms with E-state index in [0.29, 0.717) is 17.8 Å². The van der Waals surface area contributed by atoms with Gasteiger partial charge in [-0.15, -0.1) is 0 Å². The van der Waals surface area contributed by atoms with Crippen LogP contribution in [0.25, 0.3) is 21.7 Å². The Labute approximate surface area is 186 Å². The van der Waals surface area contributed by atoms with E-state index in [-0.39, 0.29) is 17.8 Å². The zero-order valence-electron chi connectivity index (χ0n) is 17.9. The van der Waals surface area contributed by atoms with Crippen LogP contribution in [0.5, 0.6) is 0 Å². The van der Waals surface area contributed by atoms with E-state index in [9.17, 15) is 4.79 Å². The van der Waals surface area contributed by atoms with Crippen molar-refractivity contribution in [1.29, 1.82) is 5.41 Å². The molecule has 0 saturated carbocycles. The van der Waals surface area contributed by atoms with Crippen LogP contribution in [-0.2, 0) is 6.54 Å². The number of nitrogens with two attached hydrogens (primary N) is 1. The minimum Gasteiger partial charge on any atom is -0.384 e. The van der Waals surface area contributed by atoms with E-state index in [4.69, 9.17) is 11.1 Å². The van der Waals surface area contributed by atoms with Crippen LogP contribution < -0.4 is 16.4 Å². The molecule has 1 fully saturated rings. The summed E-state index contributed by atoms with van der Waals surface area (Å²) in [5.41, 5.74) is 9.09. The fourth-order valence-electron chi connectivity index (χ4n) is 4.61. The van der Waals surface area contributed by atoms with Crippen molar-refractivity contribution in [1.82, 2.24) is 15.2 Å². The van der Waals surface area contributed by atoms with Crippen molar-refractivity contribution in [2.45, 2.75) is 25.4 Å². The predicted molar refractivity (Wildman–Crippen MR) is 129 cm³/mol. The Balaban J connectivity index is 1.60. The Morgan fingerprint density at radius 1 is 1.03 bits per heavy atom. The molecular weight excluding hydrogens is 398 g/mol. The minimum absolute atomic E-state index is 0.0190. The minimum atomic E-state index is -0.0577. The van der Waals surface area contributed by atoms with Gasteiger partial charge in [-0.05, 0) is 54.4 Å². The maximum absolute atomic E-state index is 13.4. The third-order valence-electron chi connectivity index (χ3n) is 6.33. The van der Waals surface area contributed by atoms with E-state index in [0.717, 1.165) is 42.4 Å². The van der Waals surface area contributed by atoms with E-state index in [1.54, 1.807) is 0 Å². The van der Waals surface area contributed by atoms with E-state index in [1.807, 2.05) is 36.4 Å². The molecule has 0 unspecified atom stereocenters. The van der Waals surface area contributed by atoms with Crippen LogP contribution in [0.1, 0.15) is 34.5 Å². The summed E-state index contributed by atoms with van der Waals surface area (Å²) in [4.78, 5) is 13.4. The molecule has 1 amide bonds. The Bertz CT molecular complexity index is 1310. The monoisotopic (exact) mass is 425 g/mol. The number of nitrogen functional groups attached to an aromatic ring is 1. The van der Waals surface area contributed by atoms with Crippen LogP contribution in [0, 0.1) is 5.41 Å². The number of nitrogens with one attached hydrogen (secondary N) is 3. The molecule has 0 radical (unpaired) electrons. The first-order valence-corrected chi connectivity index (χ1v) is 11.1. The first-order valence-electron chi connectivity index (χ1n) is 11.1. The summed E-state index contributed by atoms with van der Waals surface area (Å²) in [7, 11) is 0. The lowest BCUT2D eigenvalue weighted by Gasteiger charge is -2.24. The molecule has 5 N–H and O–H groups in total. The zero-order chi connectivity index (χ0) is 22.1. The summed E-state index contributed by atoms with van der Waals surface area (Å²) in [6.07, 6.45) is 1.87. The second kappa shape index (κ2) is 8.48. The molecule has 0 spiro atoms. The number of aromatic nitrogens is 1. The van der Waals surface area contributed by atoms with E-state index in [1.165, 1.54) is 10.8 Å². The summed E-state index contributed by atoms with van der Waals surface area (Å²) in [5.74, 6) is -0.0387. The van der Waals surface area contributed by atoms with Gasteiger partial charge in [0.15, 0.2) is 0 Å². The Hall–Kier alpha value is -3.64. The van der Waals surface area contributed by atoms with Crippen molar-refractivity contribution in [3.8, 4) is 0 Å². The number of benzene rings is 3. The molecule has 1 aliphatic heterocycles. The van der Waals surface area contributed by atoms with Crippen molar-refractivity contribution >= 4 is 33.4 Å². The van der Waals surface area contributed by atoms with Crippen molar-refractivity contribution in [2.75, 3.05) is 13.1 Å². The molecule has 1 aliphatic rings. The smallest absolute Gasteiger partial charge is 0.268 e. The summed E-state index contributed by atoms with van der Waals surface area (Å²) < 4.78 is 2.06. The first kappa shape index (κ1) is 20.3. The highest BCUT2D eigenvalue weighted by molar-refractivity contribution is 6.02. The number of nitrogens with zero attached hydrogens (tertiary/aromatic N) is 1. The van der Waals surface area contributed by atoms with E-state index >= 15 is 0 Å². The van der Waals surface area contributed by atoms with Gasteiger partial charge in [-0.25, -0.2) is 0 Å². The molecule has 2 heterocycles. The molecule has 1 aromatic heterocycles. The Morgan fingerprint density at radius 3 is 2.62 bits per heavy atom. The molecule has 32 heavy (non-hydrogen) atoms. The molecule has 6 nitrogen and oxygen atoms in total. The SMILES string of the molecule is N=C(N)c1ccc2cc(C(=O)NC3CCNCC3)n(Cc3cccc4ccccc34)c2c1. The highest BCUT2D eigenvalue weighted by Crippen LogP contribution is 2.26. The van der Waals surface area contributed by atoms with Crippen molar-refractivity contribution in [2.24, 2.45) is 5.73 Å². The third-order valence-corrected chi connectivity index (χ3v) is 6.33. The topological polar surface area (TPSA) is 95.9 Å². The normalized spacial score (nSPS) is 14.6. The van der Waals surface area contributed by atoms with Crippen LogP contribution in [0.15, 0.2) is 66.7 Å². The summed E-state index contributed by atoms with van der Waals surface area (Å²) in [5, 5.41) is 17.7. The van der Waals surface area contributed by atoms with Crippen LogP contribution in [-0.4, -0.2) is 35.4 Å². The maximum Gasteiger partial charge on any atom is 0.268 e. The number of amides is 1. The Morgan fingerprint density at radius 2 is 1.81 bits per heavy atom. The lowest BCUT2D eigenvalue weighted by molar-refractivity contribution is 0.0921. The van der Waals surface area contributed by atoms with Crippen LogP contribution in [0.3, 0.4) is 0 Å². The van der Waals surface area contributed by atoms with E-state index < -0.39 is 0 Å². The second-order valence-corrected chi connectivity index (χ2v) is 8.44. The van der Waals surface area contributed by atoms with Crippen molar-refractivity contribution in [3.63, 3.8) is 0 Å². The summed E-state index contributed by atoms with van der Waals surface area (Å²) in [6, 6.07) is 22.4. The average Bonchev–Trinajstić information content (AvgIpc) is 3.18. The van der Waals surface area contributed by atoms with Gasteiger partial charge < -0.3 is 20.9 Å². The fourth-order valence-corrected chi connectivity index (χ4v) is 4.61. The van der Waals surface area contributed by atoms with Gasteiger partial charge in [0.2, 0.25) is 0 Å². The number of amidine groups is 1.